The summed E-state index contributed by atoms with van der Waals surface area (Å²) in [6.45, 7) is 2.90. The number of nitrogens with one attached hydrogen (secondary N) is 4. The second-order valence-corrected chi connectivity index (χ2v) is 8.82. The van der Waals surface area contributed by atoms with Crippen molar-refractivity contribution in [2.75, 3.05) is 6.54 Å². The van der Waals surface area contributed by atoms with E-state index < -0.39 is 6.17 Å². The first kappa shape index (κ1) is 25.8. The number of allylic oxidation sites excluding steroid dienone is 4. The van der Waals surface area contributed by atoms with E-state index >= 15 is 0 Å². The lowest BCUT2D eigenvalue weighted by molar-refractivity contribution is -0.117. The number of aromatic nitrogens is 3. The van der Waals surface area contributed by atoms with Gasteiger partial charge in [-0.2, -0.15) is 0 Å². The minimum atomic E-state index is -0.961. The Bertz CT molecular complexity index is 1410. The summed E-state index contributed by atoms with van der Waals surface area (Å²) in [7, 11) is 0. The lowest BCUT2D eigenvalue weighted by Crippen LogP contribution is -2.38. The van der Waals surface area contributed by atoms with Crippen LogP contribution in [0.3, 0.4) is 0 Å². The second-order valence-electron chi connectivity index (χ2n) is 8.82. The van der Waals surface area contributed by atoms with Crippen LogP contribution in [-0.4, -0.2) is 39.6 Å². The van der Waals surface area contributed by atoms with Gasteiger partial charge in [-0.15, -0.1) is 0 Å². The van der Waals surface area contributed by atoms with Crippen molar-refractivity contribution in [2.24, 2.45) is 5.73 Å². The summed E-state index contributed by atoms with van der Waals surface area (Å²) in [5.74, 6) is -0.199. The van der Waals surface area contributed by atoms with E-state index in [1.54, 1.807) is 30.5 Å². The van der Waals surface area contributed by atoms with Crippen molar-refractivity contribution in [1.82, 2.24) is 25.6 Å². The molecule has 8 nitrogen and oxygen atoms in total. The van der Waals surface area contributed by atoms with Crippen molar-refractivity contribution in [3.63, 3.8) is 0 Å². The third kappa shape index (κ3) is 6.71. The van der Waals surface area contributed by atoms with Crippen LogP contribution in [0.5, 0.6) is 0 Å². The van der Waals surface area contributed by atoms with Crippen molar-refractivity contribution >= 4 is 17.1 Å². The molecule has 1 aliphatic rings. The third-order valence-electron chi connectivity index (χ3n) is 6.22. The van der Waals surface area contributed by atoms with Gasteiger partial charge >= 0.3 is 5.69 Å². The molecule has 0 radical (unpaired) electrons. The Morgan fingerprint density at radius 3 is 2.76 bits per heavy atom. The van der Waals surface area contributed by atoms with E-state index in [2.05, 4.69) is 25.6 Å². The highest BCUT2D eigenvalue weighted by Gasteiger charge is 2.19. The number of nitrogens with zero attached hydrogens (tertiary/aromatic N) is 1. The highest BCUT2D eigenvalue weighted by molar-refractivity contribution is 5.95. The summed E-state index contributed by atoms with van der Waals surface area (Å²) in [5, 5.41) is 6.40. The number of fused-ring (bicyclic) bond motifs is 1. The molecule has 2 atom stereocenters. The molecule has 1 amide bonds. The number of rotatable bonds is 10. The van der Waals surface area contributed by atoms with E-state index in [4.69, 9.17) is 5.73 Å². The number of hydrogen-bond donors (Lipinski definition) is 5. The van der Waals surface area contributed by atoms with E-state index in [9.17, 15) is 14.0 Å². The molecule has 3 aromatic rings. The number of pyridine rings is 1. The number of aromatic amines is 2. The molecule has 37 heavy (non-hydrogen) atoms. The van der Waals surface area contributed by atoms with Crippen LogP contribution in [0.1, 0.15) is 25.3 Å². The van der Waals surface area contributed by atoms with Crippen LogP contribution in [0, 0.1) is 0 Å². The number of hydrogen-bond acceptors (Lipinski definition) is 5. The maximum atomic E-state index is 13.3. The van der Waals surface area contributed by atoms with Gasteiger partial charge in [0.15, 0.2) is 5.65 Å². The smallest absolute Gasteiger partial charge is 0.325 e. The minimum Gasteiger partial charge on any atom is -0.405 e. The Labute approximate surface area is 214 Å². The fourth-order valence-electron chi connectivity index (χ4n) is 4.17. The third-order valence-corrected chi connectivity index (χ3v) is 6.22. The quantitative estimate of drug-likeness (QED) is 0.214. The molecule has 0 bridgehead atoms. The van der Waals surface area contributed by atoms with E-state index in [1.807, 2.05) is 37.3 Å². The first-order chi connectivity index (χ1) is 18.0. The van der Waals surface area contributed by atoms with Gasteiger partial charge in [-0.05, 0) is 41.5 Å². The zero-order valence-electron chi connectivity index (χ0n) is 20.6. The topological polar surface area (TPSA) is 129 Å². The molecular formula is C28H31FN6O2. The SMILES string of the molecule is CCC(NCc1ccc(-c2cnc3[nH]c(=O)[nH]c3c2)cc1)/C(=C\C=C/N)C(=O)NCC1=CCC(F)C=C1. The van der Waals surface area contributed by atoms with Gasteiger partial charge in [-0.1, -0.05) is 55.5 Å². The Kier molecular flexibility index (Phi) is 8.48. The molecule has 192 valence electrons. The van der Waals surface area contributed by atoms with Crippen LogP contribution in [-0.2, 0) is 11.3 Å². The Morgan fingerprint density at radius 1 is 1.24 bits per heavy atom. The number of carbonyl (C=O) groups is 1. The Morgan fingerprint density at radius 2 is 2.05 bits per heavy atom. The Hall–Kier alpha value is -4.24. The molecule has 0 saturated heterocycles. The number of benzene rings is 1. The zero-order valence-corrected chi connectivity index (χ0v) is 20.6. The first-order valence-electron chi connectivity index (χ1n) is 12.3. The van der Waals surface area contributed by atoms with Crippen LogP contribution in [0.15, 0.2) is 89.0 Å². The van der Waals surface area contributed by atoms with Crippen LogP contribution >= 0.6 is 0 Å². The molecule has 2 aromatic heterocycles. The van der Waals surface area contributed by atoms with E-state index in [0.29, 0.717) is 42.7 Å². The van der Waals surface area contributed by atoms with Crippen molar-refractivity contribution in [2.45, 2.75) is 38.5 Å². The monoisotopic (exact) mass is 502 g/mol. The summed E-state index contributed by atoms with van der Waals surface area (Å²) in [6, 6.07) is 9.72. The zero-order chi connectivity index (χ0) is 26.2. The average molecular weight is 503 g/mol. The van der Waals surface area contributed by atoms with Crippen LogP contribution in [0.2, 0.25) is 0 Å². The summed E-state index contributed by atoms with van der Waals surface area (Å²) in [5.41, 5.74) is 10.8. The molecule has 6 N–H and O–H groups in total. The number of halogens is 1. The lowest BCUT2D eigenvalue weighted by Gasteiger charge is -2.21. The maximum Gasteiger partial charge on any atom is 0.325 e. The average Bonchev–Trinajstić information content (AvgIpc) is 3.29. The molecule has 2 unspecified atom stereocenters. The van der Waals surface area contributed by atoms with Crippen molar-refractivity contribution < 1.29 is 9.18 Å². The summed E-state index contributed by atoms with van der Waals surface area (Å²) in [6.07, 6.45) is 11.6. The predicted octanol–water partition coefficient (Wildman–Crippen LogP) is 3.53. The maximum absolute atomic E-state index is 13.3. The van der Waals surface area contributed by atoms with Crippen LogP contribution in [0.25, 0.3) is 22.3 Å². The van der Waals surface area contributed by atoms with Gasteiger partial charge in [0.2, 0.25) is 5.91 Å². The fourth-order valence-corrected chi connectivity index (χ4v) is 4.17. The number of carbonyl (C=O) groups excluding carboxylic acids is 1. The van der Waals surface area contributed by atoms with Gasteiger partial charge in [0.1, 0.15) is 6.17 Å². The number of amides is 1. The molecule has 4 rings (SSSR count). The number of alkyl halides is 1. The van der Waals surface area contributed by atoms with Crippen LogP contribution < -0.4 is 22.1 Å². The number of nitrogens with two attached hydrogens (primary N) is 1. The van der Waals surface area contributed by atoms with Gasteiger partial charge in [0, 0.05) is 42.9 Å². The summed E-state index contributed by atoms with van der Waals surface area (Å²) in [4.78, 5) is 34.2. The lowest BCUT2D eigenvalue weighted by atomic mass is 10.0. The molecule has 0 fully saturated rings. The minimum absolute atomic E-state index is 0.195. The van der Waals surface area contributed by atoms with E-state index in [0.717, 1.165) is 22.3 Å². The standard InChI is InChI=1S/C28H31FN6O2/c1-2-24(23(4-3-13-30)27(36)33-16-19-7-11-22(29)12-8-19)31-15-18-5-9-20(10-6-18)21-14-25-26(32-17-21)35-28(37)34-25/h3-11,13-14,17,22,24,31H,2,12,15-16,30H2,1H3,(H,33,36)(H2,32,34,35,37)/b13-3-,23-4+. The van der Waals surface area contributed by atoms with Crippen molar-refractivity contribution in [3.05, 3.63) is 100 Å². The van der Waals surface area contributed by atoms with Gasteiger partial charge in [-0.3, -0.25) is 9.78 Å². The van der Waals surface area contributed by atoms with Gasteiger partial charge in [0.25, 0.3) is 0 Å². The molecule has 0 aliphatic heterocycles. The highest BCUT2D eigenvalue weighted by atomic mass is 19.1. The first-order valence-corrected chi connectivity index (χ1v) is 12.3. The molecule has 0 saturated carbocycles. The number of H-pyrrole nitrogens is 2. The predicted molar refractivity (Wildman–Crippen MR) is 144 cm³/mol. The number of imidazole rings is 1. The fraction of sp³-hybridized carbons (Fsp3) is 0.250. The molecule has 1 aliphatic carbocycles. The molecule has 9 heteroatoms. The molecule has 2 heterocycles. The van der Waals surface area contributed by atoms with Crippen molar-refractivity contribution in [3.8, 4) is 11.1 Å². The molecular weight excluding hydrogens is 471 g/mol. The summed E-state index contributed by atoms with van der Waals surface area (Å²) >= 11 is 0. The summed E-state index contributed by atoms with van der Waals surface area (Å²) < 4.78 is 13.3. The molecule has 0 spiro atoms. The van der Waals surface area contributed by atoms with E-state index in [-0.39, 0.29) is 17.6 Å². The largest absolute Gasteiger partial charge is 0.405 e. The highest BCUT2D eigenvalue weighted by Crippen LogP contribution is 2.21. The van der Waals surface area contributed by atoms with Crippen LogP contribution in [0.4, 0.5) is 4.39 Å². The second kappa shape index (κ2) is 12.1. The Balaban J connectivity index is 1.40. The van der Waals surface area contributed by atoms with Gasteiger partial charge in [0.05, 0.1) is 5.52 Å². The van der Waals surface area contributed by atoms with Gasteiger partial charge < -0.3 is 21.4 Å². The van der Waals surface area contributed by atoms with Crippen molar-refractivity contribution in [1.29, 1.82) is 0 Å². The molecule has 1 aromatic carbocycles. The normalized spacial score (nSPS) is 16.8. The van der Waals surface area contributed by atoms with E-state index in [1.165, 1.54) is 12.3 Å². The van der Waals surface area contributed by atoms with Gasteiger partial charge in [-0.25, -0.2) is 14.2 Å².